The fraction of sp³-hybridized carbons (Fsp3) is 0.571. The highest BCUT2D eigenvalue weighted by molar-refractivity contribution is 7.11. The highest BCUT2D eigenvalue weighted by Gasteiger charge is 2.25. The van der Waals surface area contributed by atoms with Gasteiger partial charge in [-0.3, -0.25) is 14.4 Å². The van der Waals surface area contributed by atoms with Crippen molar-refractivity contribution >= 4 is 29.1 Å². The molecular weight excluding hydrogens is 472 g/mol. The lowest BCUT2D eigenvalue weighted by Gasteiger charge is -2.22. The summed E-state index contributed by atoms with van der Waals surface area (Å²) in [5, 5.41) is 6.77. The predicted molar refractivity (Wildman–Crippen MR) is 146 cm³/mol. The Hall–Kier alpha value is -2.74. The Morgan fingerprint density at radius 2 is 1.78 bits per heavy atom. The van der Waals surface area contributed by atoms with Crippen LogP contribution < -0.4 is 16.4 Å². The molecule has 0 saturated heterocycles. The third-order valence-electron chi connectivity index (χ3n) is 6.39. The highest BCUT2D eigenvalue weighted by atomic mass is 32.1. The lowest BCUT2D eigenvalue weighted by Crippen LogP contribution is -2.48. The van der Waals surface area contributed by atoms with E-state index in [2.05, 4.69) is 23.6 Å². The van der Waals surface area contributed by atoms with Gasteiger partial charge < -0.3 is 16.4 Å². The quantitative estimate of drug-likeness (QED) is 0.301. The Balaban J connectivity index is 2.20. The van der Waals surface area contributed by atoms with Gasteiger partial charge in [-0.1, -0.05) is 51.3 Å². The first kappa shape index (κ1) is 29.5. The van der Waals surface area contributed by atoms with Gasteiger partial charge in [0.2, 0.25) is 17.7 Å². The smallest absolute Gasteiger partial charge is 0.243 e. The molecule has 0 fully saturated rings. The molecule has 0 spiro atoms. The zero-order valence-electron chi connectivity index (χ0n) is 22.4. The van der Waals surface area contributed by atoms with Crippen molar-refractivity contribution in [1.82, 2.24) is 15.6 Å². The fourth-order valence-electron chi connectivity index (χ4n) is 4.13. The molecule has 2 rings (SSSR count). The SMILES string of the molecule is CCCCCCc1sc(C(CC)NC(=O)C(Cc2ccc(C)c(C)c2)NC(C)=O)nc1CCC(N)=O. The molecule has 198 valence electrons. The molecule has 1 heterocycles. The topological polar surface area (TPSA) is 114 Å². The zero-order valence-corrected chi connectivity index (χ0v) is 23.2. The summed E-state index contributed by atoms with van der Waals surface area (Å²) < 4.78 is 0. The molecule has 4 N–H and O–H groups in total. The van der Waals surface area contributed by atoms with Crippen LogP contribution in [0.1, 0.15) is 97.6 Å². The molecule has 0 aliphatic heterocycles. The molecular formula is C28H42N4O3S. The minimum atomic E-state index is -0.679. The van der Waals surface area contributed by atoms with Crippen LogP contribution in [0.5, 0.6) is 0 Å². The van der Waals surface area contributed by atoms with E-state index in [0.29, 0.717) is 19.3 Å². The Bertz CT molecular complexity index is 1030. The molecule has 0 aliphatic carbocycles. The summed E-state index contributed by atoms with van der Waals surface area (Å²) in [7, 11) is 0. The van der Waals surface area contributed by atoms with Crippen molar-refractivity contribution in [3.8, 4) is 0 Å². The van der Waals surface area contributed by atoms with Crippen LogP contribution in [0.15, 0.2) is 18.2 Å². The Morgan fingerprint density at radius 3 is 2.39 bits per heavy atom. The Morgan fingerprint density at radius 1 is 1.03 bits per heavy atom. The normalized spacial score (nSPS) is 12.7. The first-order chi connectivity index (χ1) is 17.1. The lowest BCUT2D eigenvalue weighted by atomic mass is 10.00. The molecule has 2 atom stereocenters. The summed E-state index contributed by atoms with van der Waals surface area (Å²) in [6.45, 7) is 9.71. The summed E-state index contributed by atoms with van der Waals surface area (Å²) in [4.78, 5) is 42.6. The molecule has 1 aromatic carbocycles. The second-order valence-electron chi connectivity index (χ2n) is 9.54. The Labute approximate surface area is 219 Å². The number of carbonyl (C=O) groups is 3. The van der Waals surface area contributed by atoms with Gasteiger partial charge in [-0.25, -0.2) is 4.98 Å². The van der Waals surface area contributed by atoms with Crippen molar-refractivity contribution in [1.29, 1.82) is 0 Å². The minimum absolute atomic E-state index is 0.228. The van der Waals surface area contributed by atoms with E-state index in [4.69, 9.17) is 10.7 Å². The van der Waals surface area contributed by atoms with Gasteiger partial charge in [0, 0.05) is 24.6 Å². The van der Waals surface area contributed by atoms with Crippen LogP contribution in [-0.4, -0.2) is 28.7 Å². The average Bonchev–Trinajstić information content (AvgIpc) is 3.23. The number of unbranched alkanes of at least 4 members (excludes halogenated alkanes) is 3. The summed E-state index contributed by atoms with van der Waals surface area (Å²) >= 11 is 1.61. The monoisotopic (exact) mass is 514 g/mol. The third kappa shape index (κ3) is 9.37. The van der Waals surface area contributed by atoms with Gasteiger partial charge in [-0.15, -0.1) is 11.3 Å². The summed E-state index contributed by atoms with van der Waals surface area (Å²) in [5.74, 6) is -0.815. The molecule has 0 radical (unpaired) electrons. The van der Waals surface area contributed by atoms with E-state index < -0.39 is 6.04 Å². The molecule has 8 heteroatoms. The van der Waals surface area contributed by atoms with Gasteiger partial charge in [0.1, 0.15) is 11.0 Å². The zero-order chi connectivity index (χ0) is 26.7. The molecule has 3 amide bonds. The van der Waals surface area contributed by atoms with Gasteiger partial charge >= 0.3 is 0 Å². The largest absolute Gasteiger partial charge is 0.370 e. The van der Waals surface area contributed by atoms with Crippen molar-refractivity contribution in [2.45, 2.75) is 104 Å². The van der Waals surface area contributed by atoms with E-state index >= 15 is 0 Å². The molecule has 0 saturated carbocycles. The van der Waals surface area contributed by atoms with Crippen LogP contribution in [0.25, 0.3) is 0 Å². The van der Waals surface area contributed by atoms with Crippen LogP contribution in [0.2, 0.25) is 0 Å². The van der Waals surface area contributed by atoms with Crippen molar-refractivity contribution in [2.24, 2.45) is 5.73 Å². The first-order valence-electron chi connectivity index (χ1n) is 13.0. The Kier molecular flexibility index (Phi) is 12.1. The van der Waals surface area contributed by atoms with E-state index in [1.807, 2.05) is 32.9 Å². The third-order valence-corrected chi connectivity index (χ3v) is 7.66. The molecule has 0 bridgehead atoms. The van der Waals surface area contributed by atoms with Crippen LogP contribution in [-0.2, 0) is 33.6 Å². The standard InChI is InChI=1S/C28H42N4O3S/c1-6-8-9-10-11-25-23(14-15-26(29)34)32-28(36-25)22(7-2)31-27(35)24(30-20(5)33)17-21-13-12-18(3)19(4)16-21/h12-13,16,22,24H,6-11,14-15,17H2,1-5H3,(H2,29,34)(H,30,33)(H,31,35). The van der Waals surface area contributed by atoms with Crippen LogP contribution >= 0.6 is 11.3 Å². The number of rotatable bonds is 15. The number of carbonyl (C=O) groups excluding carboxylic acids is 3. The maximum absolute atomic E-state index is 13.3. The number of nitrogens with zero attached hydrogens (tertiary/aromatic N) is 1. The highest BCUT2D eigenvalue weighted by Crippen LogP contribution is 2.28. The summed E-state index contributed by atoms with van der Waals surface area (Å²) in [6, 6.07) is 5.15. The van der Waals surface area contributed by atoms with Crippen LogP contribution in [0.4, 0.5) is 0 Å². The average molecular weight is 515 g/mol. The van der Waals surface area contributed by atoms with E-state index in [0.717, 1.165) is 41.1 Å². The molecule has 36 heavy (non-hydrogen) atoms. The number of aryl methyl sites for hydroxylation is 4. The number of aromatic nitrogens is 1. The fourth-order valence-corrected chi connectivity index (χ4v) is 5.42. The number of thiazole rings is 1. The number of hydrogen-bond donors (Lipinski definition) is 3. The van der Waals surface area contributed by atoms with E-state index in [1.165, 1.54) is 30.2 Å². The van der Waals surface area contributed by atoms with Crippen LogP contribution in [0, 0.1) is 13.8 Å². The molecule has 2 unspecified atom stereocenters. The van der Waals surface area contributed by atoms with Gasteiger partial charge in [-0.2, -0.15) is 0 Å². The number of nitrogens with one attached hydrogen (secondary N) is 2. The van der Waals surface area contributed by atoms with Crippen molar-refractivity contribution < 1.29 is 14.4 Å². The number of nitrogens with two attached hydrogens (primary N) is 1. The van der Waals surface area contributed by atoms with Crippen LogP contribution in [0.3, 0.4) is 0 Å². The lowest BCUT2D eigenvalue weighted by molar-refractivity contribution is -0.128. The predicted octanol–water partition coefficient (Wildman–Crippen LogP) is 4.62. The van der Waals surface area contributed by atoms with Gasteiger partial charge in [0.05, 0.1) is 11.7 Å². The van der Waals surface area contributed by atoms with Gasteiger partial charge in [0.15, 0.2) is 0 Å². The maximum atomic E-state index is 13.3. The molecule has 2 aromatic rings. The second kappa shape index (κ2) is 14.7. The molecule has 0 aliphatic rings. The van der Waals surface area contributed by atoms with Gasteiger partial charge in [-0.05, 0) is 56.2 Å². The van der Waals surface area contributed by atoms with E-state index in [1.54, 1.807) is 11.3 Å². The van der Waals surface area contributed by atoms with Crippen molar-refractivity contribution in [3.05, 3.63) is 50.5 Å². The summed E-state index contributed by atoms with van der Waals surface area (Å²) in [6.07, 6.45) is 7.36. The van der Waals surface area contributed by atoms with E-state index in [9.17, 15) is 14.4 Å². The molecule has 7 nitrogen and oxygen atoms in total. The number of hydrogen-bond acceptors (Lipinski definition) is 5. The van der Waals surface area contributed by atoms with E-state index in [-0.39, 0.29) is 30.2 Å². The summed E-state index contributed by atoms with van der Waals surface area (Å²) in [5.41, 5.74) is 9.63. The number of benzene rings is 1. The maximum Gasteiger partial charge on any atom is 0.243 e. The van der Waals surface area contributed by atoms with Crippen molar-refractivity contribution in [2.75, 3.05) is 0 Å². The molecule has 1 aromatic heterocycles. The van der Waals surface area contributed by atoms with Gasteiger partial charge in [0.25, 0.3) is 0 Å². The second-order valence-corrected chi connectivity index (χ2v) is 10.7. The van der Waals surface area contributed by atoms with Crippen molar-refractivity contribution in [3.63, 3.8) is 0 Å². The number of amides is 3. The minimum Gasteiger partial charge on any atom is -0.370 e. The number of primary amides is 1. The first-order valence-corrected chi connectivity index (χ1v) is 13.9.